The Morgan fingerprint density at radius 3 is 2.56 bits per heavy atom. The first-order valence-electron chi connectivity index (χ1n) is 6.01. The highest BCUT2D eigenvalue weighted by atomic mass is 127. The molecule has 1 aromatic carbocycles. The van der Waals surface area contributed by atoms with Gasteiger partial charge in [-0.2, -0.15) is 0 Å². The number of hydrogen-bond acceptors (Lipinski definition) is 3. The van der Waals surface area contributed by atoms with E-state index in [1.54, 1.807) is 24.3 Å². The molecule has 0 spiro atoms. The molecule has 1 saturated carbocycles. The Labute approximate surface area is 122 Å². The number of nitrogens with two attached hydrogens (primary N) is 1. The van der Waals surface area contributed by atoms with Crippen molar-refractivity contribution >= 4 is 32.6 Å². The summed E-state index contributed by atoms with van der Waals surface area (Å²) in [5.41, 5.74) is 5.67. The molecule has 1 aliphatic carbocycles. The molecular weight excluding hydrogens is 363 g/mol. The fourth-order valence-electron chi connectivity index (χ4n) is 2.36. The van der Waals surface area contributed by atoms with Crippen molar-refractivity contribution in [1.29, 1.82) is 0 Å². The van der Waals surface area contributed by atoms with Crippen LogP contribution in [0, 0.1) is 9.49 Å². The lowest BCUT2D eigenvalue weighted by atomic mass is 10.1. The summed E-state index contributed by atoms with van der Waals surface area (Å²) in [6, 6.07) is 6.85. The van der Waals surface area contributed by atoms with Crippen molar-refractivity contribution in [3.8, 4) is 0 Å². The van der Waals surface area contributed by atoms with Crippen molar-refractivity contribution in [2.24, 2.45) is 11.7 Å². The van der Waals surface area contributed by atoms with Gasteiger partial charge in [-0.15, -0.1) is 0 Å². The summed E-state index contributed by atoms with van der Waals surface area (Å²) in [5.74, 6) is 0.267. The van der Waals surface area contributed by atoms with Crippen LogP contribution in [0.5, 0.6) is 0 Å². The molecule has 0 radical (unpaired) electrons. The topological polar surface area (TPSA) is 72.2 Å². The maximum Gasteiger partial charge on any atom is 0.240 e. The minimum absolute atomic E-state index is 0.0146. The molecular formula is C12H17IN2O2S. The molecule has 2 atom stereocenters. The number of benzene rings is 1. The quantitative estimate of drug-likeness (QED) is 0.782. The molecule has 2 unspecified atom stereocenters. The third-order valence-corrected chi connectivity index (χ3v) is 5.62. The van der Waals surface area contributed by atoms with E-state index >= 15 is 0 Å². The number of halogens is 1. The van der Waals surface area contributed by atoms with Crippen LogP contribution in [0.2, 0.25) is 0 Å². The Kier molecular flexibility index (Phi) is 4.63. The smallest absolute Gasteiger partial charge is 0.240 e. The normalized spacial score (nSPS) is 24.3. The monoisotopic (exact) mass is 380 g/mol. The molecule has 0 saturated heterocycles. The lowest BCUT2D eigenvalue weighted by molar-refractivity contribution is 0.453. The Hall–Kier alpha value is -0.180. The van der Waals surface area contributed by atoms with Gasteiger partial charge in [0.15, 0.2) is 0 Å². The first-order chi connectivity index (χ1) is 8.53. The van der Waals surface area contributed by atoms with Gasteiger partial charge in [0.2, 0.25) is 10.0 Å². The van der Waals surface area contributed by atoms with Crippen LogP contribution in [0.25, 0.3) is 0 Å². The molecule has 1 aromatic rings. The maximum atomic E-state index is 12.2. The lowest BCUT2D eigenvalue weighted by Gasteiger charge is -2.19. The van der Waals surface area contributed by atoms with E-state index in [9.17, 15) is 8.42 Å². The van der Waals surface area contributed by atoms with Crippen LogP contribution in [-0.4, -0.2) is 21.0 Å². The summed E-state index contributed by atoms with van der Waals surface area (Å²) in [7, 11) is -3.41. The number of hydrogen-bond donors (Lipinski definition) is 2. The SMILES string of the molecule is NCC1CCCC1NS(=O)(=O)c1ccc(I)cc1. The molecule has 0 heterocycles. The van der Waals surface area contributed by atoms with Crippen molar-refractivity contribution in [2.75, 3.05) is 6.54 Å². The van der Waals surface area contributed by atoms with E-state index in [4.69, 9.17) is 5.73 Å². The number of sulfonamides is 1. The molecule has 1 fully saturated rings. The highest BCUT2D eigenvalue weighted by Crippen LogP contribution is 2.26. The van der Waals surface area contributed by atoms with Gasteiger partial charge in [0.1, 0.15) is 0 Å². The van der Waals surface area contributed by atoms with Gasteiger partial charge in [0, 0.05) is 9.61 Å². The summed E-state index contributed by atoms with van der Waals surface area (Å²) >= 11 is 2.15. The van der Waals surface area contributed by atoms with Gasteiger partial charge in [-0.1, -0.05) is 6.42 Å². The van der Waals surface area contributed by atoms with Crippen LogP contribution >= 0.6 is 22.6 Å². The average molecular weight is 380 g/mol. The van der Waals surface area contributed by atoms with E-state index in [0.29, 0.717) is 11.4 Å². The summed E-state index contributed by atoms with van der Waals surface area (Å²) in [4.78, 5) is 0.325. The molecule has 3 N–H and O–H groups in total. The Morgan fingerprint density at radius 2 is 1.94 bits per heavy atom. The van der Waals surface area contributed by atoms with Gasteiger partial charge in [0.05, 0.1) is 4.90 Å². The Balaban J connectivity index is 2.14. The van der Waals surface area contributed by atoms with Crippen LogP contribution in [0.1, 0.15) is 19.3 Å². The zero-order chi connectivity index (χ0) is 13.2. The second-order valence-corrected chi connectivity index (χ2v) is 7.57. The number of rotatable bonds is 4. The molecule has 18 heavy (non-hydrogen) atoms. The van der Waals surface area contributed by atoms with E-state index in [2.05, 4.69) is 27.3 Å². The van der Waals surface area contributed by atoms with E-state index in [0.717, 1.165) is 22.8 Å². The van der Waals surface area contributed by atoms with Crippen molar-refractivity contribution in [2.45, 2.75) is 30.2 Å². The van der Waals surface area contributed by atoms with Crippen molar-refractivity contribution in [3.63, 3.8) is 0 Å². The highest BCUT2D eigenvalue weighted by molar-refractivity contribution is 14.1. The van der Waals surface area contributed by atoms with Crippen LogP contribution < -0.4 is 10.5 Å². The Morgan fingerprint density at radius 1 is 1.28 bits per heavy atom. The summed E-state index contributed by atoms with van der Waals surface area (Å²) in [5, 5.41) is 0. The van der Waals surface area contributed by atoms with Crippen LogP contribution in [0.15, 0.2) is 29.2 Å². The molecule has 0 amide bonds. The van der Waals surface area contributed by atoms with E-state index in [1.807, 2.05) is 0 Å². The van der Waals surface area contributed by atoms with E-state index < -0.39 is 10.0 Å². The molecule has 6 heteroatoms. The van der Waals surface area contributed by atoms with Crippen LogP contribution in [-0.2, 0) is 10.0 Å². The van der Waals surface area contributed by atoms with Gasteiger partial charge in [-0.25, -0.2) is 13.1 Å². The fourth-order valence-corrected chi connectivity index (χ4v) is 4.05. The minimum Gasteiger partial charge on any atom is -0.330 e. The van der Waals surface area contributed by atoms with Crippen molar-refractivity contribution in [1.82, 2.24) is 4.72 Å². The van der Waals surface area contributed by atoms with Gasteiger partial charge in [0.25, 0.3) is 0 Å². The predicted molar refractivity (Wildman–Crippen MR) is 79.7 cm³/mol. The maximum absolute atomic E-state index is 12.2. The molecule has 0 aromatic heterocycles. The summed E-state index contributed by atoms with van der Waals surface area (Å²) in [6.45, 7) is 0.542. The summed E-state index contributed by atoms with van der Waals surface area (Å²) < 4.78 is 28.2. The van der Waals surface area contributed by atoms with Crippen LogP contribution in [0.3, 0.4) is 0 Å². The third kappa shape index (κ3) is 3.23. The molecule has 2 rings (SSSR count). The van der Waals surface area contributed by atoms with E-state index in [-0.39, 0.29) is 12.0 Å². The second-order valence-electron chi connectivity index (χ2n) is 4.61. The van der Waals surface area contributed by atoms with Crippen molar-refractivity contribution in [3.05, 3.63) is 27.8 Å². The predicted octanol–water partition coefficient (Wildman–Crippen LogP) is 1.70. The first kappa shape index (κ1) is 14.2. The second kappa shape index (κ2) is 5.85. The number of nitrogens with one attached hydrogen (secondary N) is 1. The molecule has 1 aliphatic rings. The Bertz CT molecular complexity index is 501. The molecule has 0 bridgehead atoms. The molecule has 4 nitrogen and oxygen atoms in total. The fraction of sp³-hybridized carbons (Fsp3) is 0.500. The lowest BCUT2D eigenvalue weighted by Crippen LogP contribution is -2.39. The van der Waals surface area contributed by atoms with Gasteiger partial charge in [-0.05, 0) is 72.2 Å². The summed E-state index contributed by atoms with van der Waals surface area (Å²) in [6.07, 6.45) is 2.93. The van der Waals surface area contributed by atoms with Gasteiger partial charge < -0.3 is 5.73 Å². The largest absolute Gasteiger partial charge is 0.330 e. The van der Waals surface area contributed by atoms with E-state index in [1.165, 1.54) is 0 Å². The average Bonchev–Trinajstić information content (AvgIpc) is 2.76. The van der Waals surface area contributed by atoms with Gasteiger partial charge >= 0.3 is 0 Å². The highest BCUT2D eigenvalue weighted by Gasteiger charge is 2.30. The minimum atomic E-state index is -3.41. The standard InChI is InChI=1S/C12H17IN2O2S/c13-10-4-6-11(7-5-10)18(16,17)15-12-3-1-2-9(12)8-14/h4-7,9,12,15H,1-3,8,14H2. The first-order valence-corrected chi connectivity index (χ1v) is 8.57. The van der Waals surface area contributed by atoms with Crippen molar-refractivity contribution < 1.29 is 8.42 Å². The zero-order valence-electron chi connectivity index (χ0n) is 9.97. The van der Waals surface area contributed by atoms with Crippen LogP contribution in [0.4, 0.5) is 0 Å². The molecule has 0 aliphatic heterocycles. The molecule has 100 valence electrons. The third-order valence-electron chi connectivity index (χ3n) is 3.39. The van der Waals surface area contributed by atoms with Gasteiger partial charge in [-0.3, -0.25) is 0 Å². The zero-order valence-corrected chi connectivity index (χ0v) is 12.9.